The Morgan fingerprint density at radius 2 is 1.61 bits per heavy atom. The Bertz CT molecular complexity index is 880. The normalized spacial score (nSPS) is 10.7. The first-order valence-electron chi connectivity index (χ1n) is 9.39. The van der Waals surface area contributed by atoms with Gasteiger partial charge in [0.15, 0.2) is 0 Å². The van der Waals surface area contributed by atoms with Crippen molar-refractivity contribution in [2.24, 2.45) is 0 Å². The average Bonchev–Trinajstić information content (AvgIpc) is 2.67. The summed E-state index contributed by atoms with van der Waals surface area (Å²) >= 11 is 0. The summed E-state index contributed by atoms with van der Waals surface area (Å²) in [6, 6.07) is 17.9. The van der Waals surface area contributed by atoms with Crippen molar-refractivity contribution in [1.82, 2.24) is 14.9 Å². The molecular formula is C22H27N5O. The van der Waals surface area contributed by atoms with Crippen molar-refractivity contribution in [3.8, 4) is 5.75 Å². The van der Waals surface area contributed by atoms with E-state index >= 15 is 0 Å². The van der Waals surface area contributed by atoms with Gasteiger partial charge in [-0.05, 0) is 69.4 Å². The van der Waals surface area contributed by atoms with Gasteiger partial charge in [-0.1, -0.05) is 12.1 Å². The minimum atomic E-state index is 0.713. The van der Waals surface area contributed by atoms with Crippen molar-refractivity contribution in [3.63, 3.8) is 0 Å². The average molecular weight is 377 g/mol. The Morgan fingerprint density at radius 3 is 2.29 bits per heavy atom. The maximum atomic E-state index is 5.77. The lowest BCUT2D eigenvalue weighted by molar-refractivity contribution is 0.281. The fourth-order valence-corrected chi connectivity index (χ4v) is 2.72. The van der Waals surface area contributed by atoms with E-state index in [-0.39, 0.29) is 0 Å². The van der Waals surface area contributed by atoms with E-state index in [9.17, 15) is 0 Å². The van der Waals surface area contributed by atoms with E-state index in [2.05, 4.69) is 58.7 Å². The van der Waals surface area contributed by atoms with E-state index in [4.69, 9.17) is 4.74 Å². The van der Waals surface area contributed by atoms with Crippen molar-refractivity contribution < 1.29 is 4.74 Å². The molecule has 0 amide bonds. The summed E-state index contributed by atoms with van der Waals surface area (Å²) in [6.45, 7) is 3.80. The summed E-state index contributed by atoms with van der Waals surface area (Å²) in [6.07, 6.45) is 2.55. The fourth-order valence-electron chi connectivity index (χ4n) is 2.72. The quantitative estimate of drug-likeness (QED) is 0.531. The number of ether oxygens (including phenoxy) is 1. The number of rotatable bonds is 9. The van der Waals surface area contributed by atoms with E-state index in [1.165, 1.54) is 5.56 Å². The van der Waals surface area contributed by atoms with Crippen LogP contribution in [0.25, 0.3) is 0 Å². The molecular weight excluding hydrogens is 350 g/mol. The van der Waals surface area contributed by atoms with Crippen LogP contribution >= 0.6 is 0 Å². The van der Waals surface area contributed by atoms with Crippen LogP contribution in [0.3, 0.4) is 0 Å². The van der Waals surface area contributed by atoms with Gasteiger partial charge in [0.1, 0.15) is 23.7 Å². The number of benzene rings is 2. The standard InChI is InChI=1S/C22H27N5O/c1-17-6-4-7-19(14-17)26-22-15-21(23-16-24-22)25-18-8-10-20(11-9-18)28-13-5-12-27(2)3/h4,6-11,14-16H,5,12-13H2,1-3H3,(H2,23,24,25,26). The molecule has 0 aliphatic carbocycles. The first-order valence-corrected chi connectivity index (χ1v) is 9.39. The highest BCUT2D eigenvalue weighted by Gasteiger charge is 2.02. The predicted octanol–water partition coefficient (Wildman–Crippen LogP) is 4.60. The molecule has 2 N–H and O–H groups in total. The highest BCUT2D eigenvalue weighted by molar-refractivity contribution is 5.63. The molecule has 28 heavy (non-hydrogen) atoms. The van der Waals surface area contributed by atoms with Crippen LogP contribution in [0.5, 0.6) is 5.75 Å². The molecule has 3 rings (SSSR count). The lowest BCUT2D eigenvalue weighted by Gasteiger charge is -2.11. The Balaban J connectivity index is 1.56. The Hall–Kier alpha value is -3.12. The number of nitrogens with zero attached hydrogens (tertiary/aromatic N) is 3. The number of hydrogen-bond donors (Lipinski definition) is 2. The van der Waals surface area contributed by atoms with E-state index in [0.717, 1.165) is 41.7 Å². The largest absolute Gasteiger partial charge is 0.494 e. The van der Waals surface area contributed by atoms with Crippen molar-refractivity contribution in [2.45, 2.75) is 13.3 Å². The van der Waals surface area contributed by atoms with Gasteiger partial charge in [0.2, 0.25) is 0 Å². The zero-order chi connectivity index (χ0) is 19.8. The molecule has 0 bridgehead atoms. The Morgan fingerprint density at radius 1 is 0.893 bits per heavy atom. The molecule has 0 spiro atoms. The molecule has 0 atom stereocenters. The zero-order valence-electron chi connectivity index (χ0n) is 16.6. The molecule has 146 valence electrons. The van der Waals surface area contributed by atoms with Crippen LogP contribution in [0.4, 0.5) is 23.0 Å². The minimum Gasteiger partial charge on any atom is -0.494 e. The third kappa shape index (κ3) is 6.25. The molecule has 0 unspecified atom stereocenters. The summed E-state index contributed by atoms with van der Waals surface area (Å²) in [5.41, 5.74) is 3.14. The second kappa shape index (κ2) is 9.71. The molecule has 6 heteroatoms. The molecule has 0 radical (unpaired) electrons. The lowest BCUT2D eigenvalue weighted by atomic mass is 10.2. The van der Waals surface area contributed by atoms with Crippen LogP contribution in [-0.2, 0) is 0 Å². The highest BCUT2D eigenvalue weighted by atomic mass is 16.5. The molecule has 1 aromatic heterocycles. The van der Waals surface area contributed by atoms with Gasteiger partial charge in [0, 0.05) is 24.0 Å². The van der Waals surface area contributed by atoms with Crippen LogP contribution < -0.4 is 15.4 Å². The molecule has 0 saturated carbocycles. The highest BCUT2D eigenvalue weighted by Crippen LogP contribution is 2.21. The second-order valence-electron chi connectivity index (χ2n) is 6.94. The molecule has 1 heterocycles. The molecule has 3 aromatic rings. The second-order valence-corrected chi connectivity index (χ2v) is 6.94. The van der Waals surface area contributed by atoms with Gasteiger partial charge < -0.3 is 20.3 Å². The Kier molecular flexibility index (Phi) is 6.81. The number of aromatic nitrogens is 2. The van der Waals surface area contributed by atoms with Crippen molar-refractivity contribution in [1.29, 1.82) is 0 Å². The van der Waals surface area contributed by atoms with E-state index in [1.807, 2.05) is 42.5 Å². The SMILES string of the molecule is Cc1cccc(Nc2cc(Nc3ccc(OCCCN(C)C)cc3)ncn2)c1. The van der Waals surface area contributed by atoms with E-state index in [1.54, 1.807) is 6.33 Å². The number of nitrogens with one attached hydrogen (secondary N) is 2. The summed E-state index contributed by atoms with van der Waals surface area (Å²) < 4.78 is 5.77. The van der Waals surface area contributed by atoms with Crippen molar-refractivity contribution in [3.05, 3.63) is 66.5 Å². The lowest BCUT2D eigenvalue weighted by Crippen LogP contribution is -2.15. The first-order chi connectivity index (χ1) is 13.6. The van der Waals surface area contributed by atoms with Gasteiger partial charge >= 0.3 is 0 Å². The van der Waals surface area contributed by atoms with Crippen molar-refractivity contribution >= 4 is 23.0 Å². The fraction of sp³-hybridized carbons (Fsp3) is 0.273. The van der Waals surface area contributed by atoms with Crippen molar-refractivity contribution in [2.75, 3.05) is 37.9 Å². The van der Waals surface area contributed by atoms with Crippen LogP contribution in [0, 0.1) is 6.92 Å². The van der Waals surface area contributed by atoms with Gasteiger partial charge in [-0.2, -0.15) is 0 Å². The van der Waals surface area contributed by atoms with Crippen LogP contribution in [0.1, 0.15) is 12.0 Å². The first kappa shape index (κ1) is 19.6. The van der Waals surface area contributed by atoms with Crippen LogP contribution in [0.2, 0.25) is 0 Å². The van der Waals surface area contributed by atoms with E-state index < -0.39 is 0 Å². The smallest absolute Gasteiger partial charge is 0.135 e. The number of aryl methyl sites for hydroxylation is 1. The molecule has 0 saturated heterocycles. The number of anilines is 4. The molecule has 0 aliphatic rings. The van der Waals surface area contributed by atoms with Gasteiger partial charge in [0.05, 0.1) is 6.61 Å². The maximum Gasteiger partial charge on any atom is 0.135 e. The van der Waals surface area contributed by atoms with Gasteiger partial charge in [-0.25, -0.2) is 9.97 Å². The monoisotopic (exact) mass is 377 g/mol. The summed E-state index contributed by atoms with van der Waals surface area (Å²) in [4.78, 5) is 10.7. The molecule has 2 aromatic carbocycles. The molecule has 6 nitrogen and oxygen atoms in total. The Labute approximate surface area is 166 Å². The maximum absolute atomic E-state index is 5.77. The topological polar surface area (TPSA) is 62.3 Å². The zero-order valence-corrected chi connectivity index (χ0v) is 16.6. The van der Waals surface area contributed by atoms with Crippen LogP contribution in [-0.4, -0.2) is 42.1 Å². The van der Waals surface area contributed by atoms with Gasteiger partial charge in [-0.3, -0.25) is 0 Å². The predicted molar refractivity (Wildman–Crippen MR) is 115 cm³/mol. The molecule has 0 fully saturated rings. The number of hydrogen-bond acceptors (Lipinski definition) is 6. The third-order valence-corrected chi connectivity index (χ3v) is 4.10. The summed E-state index contributed by atoms with van der Waals surface area (Å²) in [5, 5.41) is 6.60. The van der Waals surface area contributed by atoms with Crippen LogP contribution in [0.15, 0.2) is 60.9 Å². The summed E-state index contributed by atoms with van der Waals surface area (Å²) in [7, 11) is 4.13. The minimum absolute atomic E-state index is 0.713. The molecule has 0 aliphatic heterocycles. The van der Waals surface area contributed by atoms with Gasteiger partial charge in [-0.15, -0.1) is 0 Å². The van der Waals surface area contributed by atoms with Gasteiger partial charge in [0.25, 0.3) is 0 Å². The van der Waals surface area contributed by atoms with E-state index in [0.29, 0.717) is 6.61 Å². The third-order valence-electron chi connectivity index (χ3n) is 4.10. The summed E-state index contributed by atoms with van der Waals surface area (Å²) in [5.74, 6) is 2.34.